The minimum Gasteiger partial charge on any atom is -0.344 e. The SMILES string of the molecule is CN1CCCN(c2ncnc(NN)c2[N+](=O)[O-])CC1=O. The molecule has 20 heavy (non-hydrogen) atoms. The van der Waals surface area contributed by atoms with Gasteiger partial charge in [-0.2, -0.15) is 0 Å². The Morgan fingerprint density at radius 1 is 1.45 bits per heavy atom. The van der Waals surface area contributed by atoms with Crippen LogP contribution in [0.3, 0.4) is 0 Å². The first-order valence-electron chi connectivity index (χ1n) is 5.99. The second-order valence-corrected chi connectivity index (χ2v) is 4.39. The highest BCUT2D eigenvalue weighted by Gasteiger charge is 2.29. The molecule has 0 aromatic carbocycles. The van der Waals surface area contributed by atoms with Crippen molar-refractivity contribution < 1.29 is 9.72 Å². The van der Waals surface area contributed by atoms with Crippen LogP contribution in [0.2, 0.25) is 0 Å². The van der Waals surface area contributed by atoms with Crippen LogP contribution in [-0.4, -0.2) is 52.4 Å². The third-order valence-electron chi connectivity index (χ3n) is 3.10. The zero-order chi connectivity index (χ0) is 14.7. The molecule has 0 saturated carbocycles. The quantitative estimate of drug-likeness (QED) is 0.424. The number of nitrogens with zero attached hydrogens (tertiary/aromatic N) is 5. The fourth-order valence-corrected chi connectivity index (χ4v) is 2.04. The molecule has 0 radical (unpaired) electrons. The van der Waals surface area contributed by atoms with Gasteiger partial charge in [-0.3, -0.25) is 14.9 Å². The highest BCUT2D eigenvalue weighted by Crippen LogP contribution is 2.31. The molecule has 0 unspecified atom stereocenters. The predicted molar refractivity (Wildman–Crippen MR) is 71.0 cm³/mol. The fourth-order valence-electron chi connectivity index (χ4n) is 2.04. The zero-order valence-corrected chi connectivity index (χ0v) is 10.9. The maximum atomic E-state index is 11.9. The number of hydrogen-bond donors (Lipinski definition) is 2. The maximum Gasteiger partial charge on any atom is 0.354 e. The smallest absolute Gasteiger partial charge is 0.344 e. The number of nitrogens with two attached hydrogens (primary N) is 1. The lowest BCUT2D eigenvalue weighted by Crippen LogP contribution is -2.35. The van der Waals surface area contributed by atoms with Crippen LogP contribution in [-0.2, 0) is 4.79 Å². The van der Waals surface area contributed by atoms with Crippen molar-refractivity contribution in [2.75, 3.05) is 37.0 Å². The van der Waals surface area contributed by atoms with E-state index >= 15 is 0 Å². The molecule has 1 amide bonds. The van der Waals surface area contributed by atoms with Crippen molar-refractivity contribution in [1.29, 1.82) is 0 Å². The van der Waals surface area contributed by atoms with Gasteiger partial charge in [0.15, 0.2) is 0 Å². The number of amides is 1. The highest BCUT2D eigenvalue weighted by molar-refractivity contribution is 5.83. The molecule has 1 aliphatic heterocycles. The van der Waals surface area contributed by atoms with Gasteiger partial charge in [-0.25, -0.2) is 15.8 Å². The van der Waals surface area contributed by atoms with Gasteiger partial charge in [0.25, 0.3) is 0 Å². The molecule has 0 spiro atoms. The molecule has 2 heterocycles. The Kier molecular flexibility index (Phi) is 3.94. The molecule has 1 aromatic heterocycles. The van der Waals surface area contributed by atoms with Crippen LogP contribution in [0.25, 0.3) is 0 Å². The number of carbonyl (C=O) groups excluding carboxylic acids is 1. The Balaban J connectivity index is 2.41. The average Bonchev–Trinajstić information content (AvgIpc) is 2.60. The van der Waals surface area contributed by atoms with Gasteiger partial charge in [0.1, 0.15) is 6.33 Å². The Labute approximate surface area is 114 Å². The number of hydrazine groups is 1. The van der Waals surface area contributed by atoms with Crippen molar-refractivity contribution in [2.45, 2.75) is 6.42 Å². The van der Waals surface area contributed by atoms with Gasteiger partial charge in [0.2, 0.25) is 17.5 Å². The van der Waals surface area contributed by atoms with Crippen molar-refractivity contribution in [2.24, 2.45) is 5.84 Å². The monoisotopic (exact) mass is 281 g/mol. The lowest BCUT2D eigenvalue weighted by Gasteiger charge is -2.20. The van der Waals surface area contributed by atoms with Crippen molar-refractivity contribution >= 4 is 23.2 Å². The lowest BCUT2D eigenvalue weighted by molar-refractivity contribution is -0.383. The summed E-state index contributed by atoms with van der Waals surface area (Å²) in [5.74, 6) is 5.14. The number of nitrogens with one attached hydrogen (secondary N) is 1. The van der Waals surface area contributed by atoms with Gasteiger partial charge >= 0.3 is 5.69 Å². The minimum absolute atomic E-state index is 0.0400. The molecule has 1 aromatic rings. The minimum atomic E-state index is -0.608. The topological polar surface area (TPSA) is 131 Å². The van der Waals surface area contributed by atoms with Crippen LogP contribution in [0.15, 0.2) is 6.33 Å². The van der Waals surface area contributed by atoms with Gasteiger partial charge in [-0.15, -0.1) is 0 Å². The first kappa shape index (κ1) is 13.9. The van der Waals surface area contributed by atoms with E-state index in [4.69, 9.17) is 5.84 Å². The second kappa shape index (κ2) is 5.65. The van der Waals surface area contributed by atoms with Gasteiger partial charge in [-0.1, -0.05) is 0 Å². The number of hydrogen-bond acceptors (Lipinski definition) is 8. The van der Waals surface area contributed by atoms with Crippen molar-refractivity contribution in [1.82, 2.24) is 14.9 Å². The summed E-state index contributed by atoms with van der Waals surface area (Å²) in [4.78, 5) is 33.3. The van der Waals surface area contributed by atoms with Gasteiger partial charge in [-0.05, 0) is 6.42 Å². The molecule has 0 bridgehead atoms. The predicted octanol–water partition coefficient (Wildman–Crippen LogP) is -0.661. The molecule has 10 heteroatoms. The second-order valence-electron chi connectivity index (χ2n) is 4.39. The van der Waals surface area contributed by atoms with E-state index in [1.807, 2.05) is 0 Å². The summed E-state index contributed by atoms with van der Waals surface area (Å²) >= 11 is 0. The molecular weight excluding hydrogens is 266 g/mol. The molecule has 1 saturated heterocycles. The van der Waals surface area contributed by atoms with E-state index in [9.17, 15) is 14.9 Å². The number of nitro groups is 1. The summed E-state index contributed by atoms with van der Waals surface area (Å²) < 4.78 is 0. The van der Waals surface area contributed by atoms with Gasteiger partial charge < -0.3 is 15.2 Å². The third-order valence-corrected chi connectivity index (χ3v) is 3.10. The first-order valence-corrected chi connectivity index (χ1v) is 5.99. The molecule has 3 N–H and O–H groups in total. The summed E-state index contributed by atoms with van der Waals surface area (Å²) in [6.45, 7) is 1.15. The molecule has 0 aliphatic carbocycles. The number of carbonyl (C=O) groups is 1. The van der Waals surface area contributed by atoms with E-state index < -0.39 is 4.92 Å². The molecule has 108 valence electrons. The molecule has 0 atom stereocenters. The Hall–Kier alpha value is -2.49. The lowest BCUT2D eigenvalue weighted by atomic mass is 10.3. The van der Waals surface area contributed by atoms with Crippen LogP contribution in [0, 0.1) is 10.1 Å². The zero-order valence-electron chi connectivity index (χ0n) is 10.9. The first-order chi connectivity index (χ1) is 9.54. The van der Waals surface area contributed by atoms with Crippen molar-refractivity contribution in [3.63, 3.8) is 0 Å². The standard InChI is InChI=1S/C10H15N7O3/c1-15-3-2-4-16(5-7(15)18)10-8(17(19)20)9(14-11)12-6-13-10/h6H,2-5,11H2,1H3,(H,12,13,14). The third kappa shape index (κ3) is 2.59. The van der Waals surface area contributed by atoms with Crippen molar-refractivity contribution in [3.8, 4) is 0 Å². The summed E-state index contributed by atoms with van der Waals surface area (Å²) in [5.41, 5.74) is 1.85. The summed E-state index contributed by atoms with van der Waals surface area (Å²) in [6, 6.07) is 0. The summed E-state index contributed by atoms with van der Waals surface area (Å²) in [5, 5.41) is 11.2. The summed E-state index contributed by atoms with van der Waals surface area (Å²) in [6.07, 6.45) is 1.88. The van der Waals surface area contributed by atoms with E-state index in [0.29, 0.717) is 19.5 Å². The maximum absolute atomic E-state index is 11.9. The van der Waals surface area contributed by atoms with E-state index in [0.717, 1.165) is 0 Å². The molecule has 1 fully saturated rings. The van der Waals surface area contributed by atoms with E-state index in [-0.39, 0.29) is 29.8 Å². The van der Waals surface area contributed by atoms with Crippen LogP contribution < -0.4 is 16.2 Å². The largest absolute Gasteiger partial charge is 0.354 e. The van der Waals surface area contributed by atoms with E-state index in [1.165, 1.54) is 6.33 Å². The van der Waals surface area contributed by atoms with Crippen LogP contribution in [0.4, 0.5) is 17.3 Å². The van der Waals surface area contributed by atoms with Gasteiger partial charge in [0.05, 0.1) is 11.5 Å². The number of nitrogen functional groups attached to an aromatic ring is 1. The number of rotatable bonds is 3. The average molecular weight is 281 g/mol. The Morgan fingerprint density at radius 2 is 2.20 bits per heavy atom. The number of aromatic nitrogens is 2. The molecule has 2 rings (SSSR count). The van der Waals surface area contributed by atoms with E-state index in [2.05, 4.69) is 15.4 Å². The van der Waals surface area contributed by atoms with Crippen molar-refractivity contribution in [3.05, 3.63) is 16.4 Å². The normalized spacial score (nSPS) is 16.0. The van der Waals surface area contributed by atoms with Crippen LogP contribution in [0.1, 0.15) is 6.42 Å². The fraction of sp³-hybridized carbons (Fsp3) is 0.500. The van der Waals surface area contributed by atoms with Crippen LogP contribution >= 0.6 is 0 Å². The molecule has 1 aliphatic rings. The molecular formula is C10H15N7O3. The Morgan fingerprint density at radius 3 is 2.85 bits per heavy atom. The van der Waals surface area contributed by atoms with Gasteiger partial charge in [0, 0.05) is 20.1 Å². The van der Waals surface area contributed by atoms with Crippen LogP contribution in [0.5, 0.6) is 0 Å². The highest BCUT2D eigenvalue weighted by atomic mass is 16.6. The molecule has 10 nitrogen and oxygen atoms in total. The number of likely N-dealkylation sites (N-methyl/N-ethyl adjacent to an activating group) is 1. The van der Waals surface area contributed by atoms with E-state index in [1.54, 1.807) is 16.8 Å². The Bertz CT molecular complexity index is 536. The number of anilines is 2. The summed E-state index contributed by atoms with van der Waals surface area (Å²) in [7, 11) is 1.70.